The van der Waals surface area contributed by atoms with Crippen LogP contribution in [0.25, 0.3) is 0 Å². The molecule has 0 aromatic carbocycles. The summed E-state index contributed by atoms with van der Waals surface area (Å²) in [5.74, 6) is 0.350. The second kappa shape index (κ2) is 7.24. The molecule has 0 N–H and O–H groups in total. The minimum absolute atomic E-state index is 0.124. The van der Waals surface area contributed by atoms with Gasteiger partial charge in [-0.25, -0.2) is 4.79 Å². The number of carbonyl (C=O) groups is 2. The number of rotatable bonds is 4. The van der Waals surface area contributed by atoms with E-state index in [1.54, 1.807) is 11.8 Å². The summed E-state index contributed by atoms with van der Waals surface area (Å²) in [6, 6.07) is 0. The third kappa shape index (κ3) is 3.62. The van der Waals surface area contributed by atoms with Crippen molar-refractivity contribution in [2.45, 2.75) is 33.6 Å². The highest BCUT2D eigenvalue weighted by Gasteiger charge is 2.27. The number of ether oxygens (including phenoxy) is 1. The molecule has 1 saturated heterocycles. The number of amides is 2. The number of piperazine rings is 1. The smallest absolute Gasteiger partial charge is 0.409 e. The third-order valence-electron chi connectivity index (χ3n) is 3.45. The largest absolute Gasteiger partial charge is 0.450 e. The van der Waals surface area contributed by atoms with Crippen molar-refractivity contribution in [2.24, 2.45) is 5.92 Å². The van der Waals surface area contributed by atoms with Crippen LogP contribution in [0.15, 0.2) is 0 Å². The van der Waals surface area contributed by atoms with E-state index in [0.29, 0.717) is 32.8 Å². The number of carbonyl (C=O) groups excluding carboxylic acids is 2. The summed E-state index contributed by atoms with van der Waals surface area (Å²) in [5.41, 5.74) is 0. The van der Waals surface area contributed by atoms with E-state index in [4.69, 9.17) is 4.74 Å². The van der Waals surface area contributed by atoms with E-state index in [1.165, 1.54) is 0 Å². The molecular weight excluding hydrogens is 232 g/mol. The fourth-order valence-corrected chi connectivity index (χ4v) is 2.22. The van der Waals surface area contributed by atoms with Crippen molar-refractivity contribution < 1.29 is 14.3 Å². The quantitative estimate of drug-likeness (QED) is 0.769. The Morgan fingerprint density at radius 3 is 1.94 bits per heavy atom. The molecule has 104 valence electrons. The summed E-state index contributed by atoms with van der Waals surface area (Å²) in [6.07, 6.45) is 1.49. The average molecular weight is 256 g/mol. The van der Waals surface area contributed by atoms with Crippen LogP contribution in [0.4, 0.5) is 4.79 Å². The second-order valence-electron chi connectivity index (χ2n) is 4.52. The zero-order chi connectivity index (χ0) is 13.5. The van der Waals surface area contributed by atoms with Crippen molar-refractivity contribution in [1.82, 2.24) is 9.80 Å². The Balaban J connectivity index is 2.43. The average Bonchev–Trinajstić information content (AvgIpc) is 2.40. The lowest BCUT2D eigenvalue weighted by atomic mass is 10.0. The van der Waals surface area contributed by atoms with Crippen LogP contribution >= 0.6 is 0 Å². The molecule has 0 bridgehead atoms. The molecular formula is C13H24N2O3. The van der Waals surface area contributed by atoms with Gasteiger partial charge in [0.2, 0.25) is 5.91 Å². The Morgan fingerprint density at radius 1 is 1.00 bits per heavy atom. The van der Waals surface area contributed by atoms with Crippen LogP contribution < -0.4 is 0 Å². The molecule has 1 aliphatic heterocycles. The van der Waals surface area contributed by atoms with Gasteiger partial charge in [-0.2, -0.15) is 0 Å². The summed E-state index contributed by atoms with van der Waals surface area (Å²) in [4.78, 5) is 27.2. The first kappa shape index (κ1) is 14.8. The zero-order valence-electron chi connectivity index (χ0n) is 11.6. The van der Waals surface area contributed by atoms with Gasteiger partial charge in [-0.1, -0.05) is 13.8 Å². The minimum Gasteiger partial charge on any atom is -0.450 e. The van der Waals surface area contributed by atoms with Crippen LogP contribution in [0.1, 0.15) is 33.6 Å². The molecule has 0 spiro atoms. The minimum atomic E-state index is -0.271. The summed E-state index contributed by atoms with van der Waals surface area (Å²) in [6.45, 7) is 8.66. The first-order chi connectivity index (χ1) is 8.63. The van der Waals surface area contributed by atoms with Crippen LogP contribution in [-0.4, -0.2) is 54.6 Å². The number of hydrogen-bond donors (Lipinski definition) is 0. The van der Waals surface area contributed by atoms with Crippen LogP contribution in [0, 0.1) is 5.92 Å². The van der Waals surface area contributed by atoms with E-state index < -0.39 is 0 Å². The Kier molecular flexibility index (Phi) is 5.95. The van der Waals surface area contributed by atoms with Crippen molar-refractivity contribution in [3.05, 3.63) is 0 Å². The molecule has 0 aromatic rings. The third-order valence-corrected chi connectivity index (χ3v) is 3.45. The monoisotopic (exact) mass is 256 g/mol. The van der Waals surface area contributed by atoms with Gasteiger partial charge in [0, 0.05) is 32.1 Å². The molecule has 0 aliphatic carbocycles. The van der Waals surface area contributed by atoms with Crippen LogP contribution in [0.5, 0.6) is 0 Å². The Bertz CT molecular complexity index is 282. The predicted octanol–water partition coefficient (Wildman–Crippen LogP) is 1.72. The van der Waals surface area contributed by atoms with Crippen molar-refractivity contribution in [3.63, 3.8) is 0 Å². The normalized spacial score (nSPS) is 16.0. The molecule has 0 radical (unpaired) electrons. The predicted molar refractivity (Wildman–Crippen MR) is 69.2 cm³/mol. The van der Waals surface area contributed by atoms with E-state index in [-0.39, 0.29) is 17.9 Å². The molecule has 1 heterocycles. The van der Waals surface area contributed by atoms with Gasteiger partial charge in [0.1, 0.15) is 0 Å². The van der Waals surface area contributed by atoms with Gasteiger partial charge in [-0.3, -0.25) is 4.79 Å². The van der Waals surface area contributed by atoms with E-state index >= 15 is 0 Å². The fourth-order valence-electron chi connectivity index (χ4n) is 2.22. The maximum atomic E-state index is 12.2. The van der Waals surface area contributed by atoms with Gasteiger partial charge in [0.25, 0.3) is 0 Å². The van der Waals surface area contributed by atoms with Crippen molar-refractivity contribution >= 4 is 12.0 Å². The van der Waals surface area contributed by atoms with Crippen LogP contribution in [0.2, 0.25) is 0 Å². The fraction of sp³-hybridized carbons (Fsp3) is 0.846. The molecule has 5 nitrogen and oxygen atoms in total. The van der Waals surface area contributed by atoms with E-state index in [1.807, 2.05) is 18.7 Å². The Labute approximate surface area is 109 Å². The lowest BCUT2D eigenvalue weighted by Gasteiger charge is -2.35. The molecule has 0 unspecified atom stereocenters. The topological polar surface area (TPSA) is 49.9 Å². The van der Waals surface area contributed by atoms with E-state index in [9.17, 15) is 9.59 Å². The first-order valence-corrected chi connectivity index (χ1v) is 6.84. The van der Waals surface area contributed by atoms with E-state index in [2.05, 4.69) is 0 Å². The van der Waals surface area contributed by atoms with Crippen molar-refractivity contribution in [1.29, 1.82) is 0 Å². The summed E-state index contributed by atoms with van der Waals surface area (Å²) in [5, 5.41) is 0. The summed E-state index contributed by atoms with van der Waals surface area (Å²) in [7, 11) is 0. The number of hydrogen-bond acceptors (Lipinski definition) is 3. The van der Waals surface area contributed by atoms with Crippen molar-refractivity contribution in [2.75, 3.05) is 32.8 Å². The van der Waals surface area contributed by atoms with Gasteiger partial charge >= 0.3 is 6.09 Å². The lowest BCUT2D eigenvalue weighted by Crippen LogP contribution is -2.52. The second-order valence-corrected chi connectivity index (χ2v) is 4.52. The van der Waals surface area contributed by atoms with Crippen LogP contribution in [-0.2, 0) is 9.53 Å². The summed E-state index contributed by atoms with van der Waals surface area (Å²) < 4.78 is 4.95. The summed E-state index contributed by atoms with van der Waals surface area (Å²) >= 11 is 0. The van der Waals surface area contributed by atoms with Gasteiger partial charge in [-0.05, 0) is 19.8 Å². The van der Waals surface area contributed by atoms with Gasteiger partial charge < -0.3 is 14.5 Å². The zero-order valence-corrected chi connectivity index (χ0v) is 11.6. The standard InChI is InChI=1S/C13H24N2O3/c1-4-11(5-2)12(16)14-7-9-15(10-8-14)13(17)18-6-3/h11H,4-10H2,1-3H3. The molecule has 18 heavy (non-hydrogen) atoms. The lowest BCUT2D eigenvalue weighted by molar-refractivity contribution is -0.137. The highest BCUT2D eigenvalue weighted by atomic mass is 16.6. The maximum absolute atomic E-state index is 12.2. The molecule has 1 fully saturated rings. The van der Waals surface area contributed by atoms with Gasteiger partial charge in [0.05, 0.1) is 6.61 Å². The Hall–Kier alpha value is -1.26. The Morgan fingerprint density at radius 2 is 1.50 bits per heavy atom. The van der Waals surface area contributed by atoms with Crippen molar-refractivity contribution in [3.8, 4) is 0 Å². The molecule has 0 aromatic heterocycles. The molecule has 1 aliphatic rings. The molecule has 5 heteroatoms. The SMILES string of the molecule is CCOC(=O)N1CCN(C(=O)C(CC)CC)CC1. The molecule has 2 amide bonds. The van der Waals surface area contributed by atoms with E-state index in [0.717, 1.165) is 12.8 Å². The van der Waals surface area contributed by atoms with Gasteiger partial charge in [-0.15, -0.1) is 0 Å². The maximum Gasteiger partial charge on any atom is 0.409 e. The first-order valence-electron chi connectivity index (χ1n) is 6.84. The molecule has 0 saturated carbocycles. The molecule has 0 atom stereocenters. The van der Waals surface area contributed by atoms with Gasteiger partial charge in [0.15, 0.2) is 0 Å². The van der Waals surface area contributed by atoms with Crippen LogP contribution in [0.3, 0.4) is 0 Å². The molecule has 1 rings (SSSR count). The highest BCUT2D eigenvalue weighted by Crippen LogP contribution is 2.14. The highest BCUT2D eigenvalue weighted by molar-refractivity contribution is 5.79. The number of nitrogens with zero attached hydrogens (tertiary/aromatic N) is 2.